The van der Waals surface area contributed by atoms with Gasteiger partial charge in [0.25, 0.3) is 0 Å². The molecular formula is C13H18N8. The molecule has 1 N–H and O–H groups in total. The first kappa shape index (κ1) is 14.7. The number of nitrogens with zero attached hydrogens (tertiary/aromatic N) is 7. The van der Waals surface area contributed by atoms with E-state index in [-0.39, 0.29) is 0 Å². The summed E-state index contributed by atoms with van der Waals surface area (Å²) in [6.45, 7) is 3.43. The van der Waals surface area contributed by atoms with Gasteiger partial charge in [-0.05, 0) is 6.42 Å². The SMILES string of the molecule is CCCNc1nc(N(C)CCC#N)nc(-n2ccnc2)n1. The second-order valence-corrected chi connectivity index (χ2v) is 4.49. The Morgan fingerprint density at radius 2 is 2.24 bits per heavy atom. The molecule has 0 saturated carbocycles. The van der Waals surface area contributed by atoms with Gasteiger partial charge in [0.15, 0.2) is 0 Å². The average Bonchev–Trinajstić information content (AvgIpc) is 3.04. The maximum absolute atomic E-state index is 8.68. The molecule has 2 heterocycles. The van der Waals surface area contributed by atoms with E-state index in [9.17, 15) is 0 Å². The second kappa shape index (κ2) is 7.19. The number of nitriles is 1. The second-order valence-electron chi connectivity index (χ2n) is 4.49. The maximum atomic E-state index is 8.68. The number of hydrogen-bond acceptors (Lipinski definition) is 7. The van der Waals surface area contributed by atoms with Crippen LogP contribution in [-0.2, 0) is 0 Å². The lowest BCUT2D eigenvalue weighted by molar-refractivity contribution is 0.816. The molecule has 0 aliphatic carbocycles. The van der Waals surface area contributed by atoms with Crippen molar-refractivity contribution in [2.75, 3.05) is 30.4 Å². The Labute approximate surface area is 123 Å². The fraction of sp³-hybridized carbons (Fsp3) is 0.462. The Balaban J connectivity index is 2.30. The van der Waals surface area contributed by atoms with Gasteiger partial charge in [-0.2, -0.15) is 20.2 Å². The van der Waals surface area contributed by atoms with Crippen LogP contribution < -0.4 is 10.2 Å². The molecule has 0 aromatic carbocycles. The molecule has 2 rings (SSSR count). The van der Waals surface area contributed by atoms with Gasteiger partial charge < -0.3 is 10.2 Å². The van der Waals surface area contributed by atoms with Crippen LogP contribution in [0, 0.1) is 11.3 Å². The van der Waals surface area contributed by atoms with Gasteiger partial charge >= 0.3 is 0 Å². The quantitative estimate of drug-likeness (QED) is 0.817. The summed E-state index contributed by atoms with van der Waals surface area (Å²) in [6, 6.07) is 2.12. The molecule has 0 unspecified atom stereocenters. The molecule has 2 aromatic rings. The van der Waals surface area contributed by atoms with E-state index in [2.05, 4.69) is 38.2 Å². The number of nitrogens with one attached hydrogen (secondary N) is 1. The van der Waals surface area contributed by atoms with E-state index in [0.717, 1.165) is 13.0 Å². The highest BCUT2D eigenvalue weighted by molar-refractivity contribution is 5.39. The van der Waals surface area contributed by atoms with Crippen LogP contribution in [0.3, 0.4) is 0 Å². The molecule has 21 heavy (non-hydrogen) atoms. The summed E-state index contributed by atoms with van der Waals surface area (Å²) in [5, 5.41) is 11.8. The van der Waals surface area contributed by atoms with Gasteiger partial charge in [-0.15, -0.1) is 0 Å². The summed E-state index contributed by atoms with van der Waals surface area (Å²) >= 11 is 0. The van der Waals surface area contributed by atoms with E-state index < -0.39 is 0 Å². The number of imidazole rings is 1. The fourth-order valence-corrected chi connectivity index (χ4v) is 1.65. The van der Waals surface area contributed by atoms with Gasteiger partial charge in [0.1, 0.15) is 6.33 Å². The Morgan fingerprint density at radius 1 is 1.38 bits per heavy atom. The zero-order valence-corrected chi connectivity index (χ0v) is 12.2. The molecule has 0 fully saturated rings. The fourth-order valence-electron chi connectivity index (χ4n) is 1.65. The van der Waals surface area contributed by atoms with Crippen LogP contribution in [0.4, 0.5) is 11.9 Å². The van der Waals surface area contributed by atoms with Gasteiger partial charge in [-0.25, -0.2) is 4.98 Å². The van der Waals surface area contributed by atoms with Gasteiger partial charge in [0.05, 0.1) is 12.5 Å². The third-order valence-electron chi connectivity index (χ3n) is 2.78. The van der Waals surface area contributed by atoms with Crippen molar-refractivity contribution in [2.24, 2.45) is 0 Å². The lowest BCUT2D eigenvalue weighted by Crippen LogP contribution is -2.23. The van der Waals surface area contributed by atoms with Gasteiger partial charge in [0, 0.05) is 32.5 Å². The molecule has 8 nitrogen and oxygen atoms in total. The molecule has 2 aromatic heterocycles. The van der Waals surface area contributed by atoms with Crippen LogP contribution in [-0.4, -0.2) is 44.6 Å². The highest BCUT2D eigenvalue weighted by Crippen LogP contribution is 2.12. The van der Waals surface area contributed by atoms with Gasteiger partial charge in [-0.3, -0.25) is 4.57 Å². The summed E-state index contributed by atoms with van der Waals surface area (Å²) < 4.78 is 1.72. The minimum atomic E-state index is 0.417. The summed E-state index contributed by atoms with van der Waals surface area (Å²) in [6.07, 6.45) is 6.48. The van der Waals surface area contributed by atoms with Crippen LogP contribution in [0.15, 0.2) is 18.7 Å². The zero-order chi connectivity index (χ0) is 15.1. The van der Waals surface area contributed by atoms with E-state index >= 15 is 0 Å². The topological polar surface area (TPSA) is 95.6 Å². The van der Waals surface area contributed by atoms with Crippen molar-refractivity contribution in [3.8, 4) is 12.0 Å². The van der Waals surface area contributed by atoms with E-state index in [4.69, 9.17) is 5.26 Å². The number of hydrogen-bond donors (Lipinski definition) is 1. The number of rotatable bonds is 7. The van der Waals surface area contributed by atoms with Crippen molar-refractivity contribution in [1.29, 1.82) is 5.26 Å². The van der Waals surface area contributed by atoms with Crippen molar-refractivity contribution in [1.82, 2.24) is 24.5 Å². The molecule has 0 radical (unpaired) electrons. The van der Waals surface area contributed by atoms with E-state index in [1.54, 1.807) is 23.3 Å². The van der Waals surface area contributed by atoms with Crippen molar-refractivity contribution in [3.63, 3.8) is 0 Å². The number of aromatic nitrogens is 5. The maximum Gasteiger partial charge on any atom is 0.241 e. The zero-order valence-electron chi connectivity index (χ0n) is 12.2. The van der Waals surface area contributed by atoms with Crippen molar-refractivity contribution < 1.29 is 0 Å². The van der Waals surface area contributed by atoms with Crippen LogP contribution in [0.1, 0.15) is 19.8 Å². The third-order valence-corrected chi connectivity index (χ3v) is 2.78. The molecular weight excluding hydrogens is 268 g/mol. The lowest BCUT2D eigenvalue weighted by atomic mass is 10.4. The third kappa shape index (κ3) is 3.89. The first-order chi connectivity index (χ1) is 10.2. The molecule has 0 aliphatic heterocycles. The summed E-state index contributed by atoms with van der Waals surface area (Å²) in [5.74, 6) is 1.55. The van der Waals surface area contributed by atoms with E-state index in [1.165, 1.54) is 0 Å². The largest absolute Gasteiger partial charge is 0.354 e. The van der Waals surface area contributed by atoms with Gasteiger partial charge in [-0.1, -0.05) is 6.92 Å². The Kier molecular flexibility index (Phi) is 5.04. The predicted molar refractivity (Wildman–Crippen MR) is 79.2 cm³/mol. The Hall–Kier alpha value is -2.69. The standard InChI is InChI=1S/C13H18N8/c1-3-6-16-11-17-12(20(2)8-4-5-14)19-13(18-11)21-9-7-15-10-21/h7,9-10H,3-4,6,8H2,1-2H3,(H,16,17,18,19). The molecule has 0 bridgehead atoms. The van der Waals surface area contributed by atoms with Gasteiger partial charge in [0.2, 0.25) is 17.8 Å². The van der Waals surface area contributed by atoms with Crippen molar-refractivity contribution in [2.45, 2.75) is 19.8 Å². The highest BCUT2D eigenvalue weighted by atomic mass is 15.3. The molecule has 110 valence electrons. The molecule has 0 atom stereocenters. The monoisotopic (exact) mass is 286 g/mol. The normalized spacial score (nSPS) is 10.1. The molecule has 0 amide bonds. The van der Waals surface area contributed by atoms with Crippen LogP contribution in [0.5, 0.6) is 0 Å². The highest BCUT2D eigenvalue weighted by Gasteiger charge is 2.11. The first-order valence-corrected chi connectivity index (χ1v) is 6.81. The average molecular weight is 286 g/mol. The van der Waals surface area contributed by atoms with E-state index in [0.29, 0.717) is 30.8 Å². The Bertz CT molecular complexity index is 601. The molecule has 0 aliphatic rings. The number of anilines is 2. The van der Waals surface area contributed by atoms with Crippen molar-refractivity contribution >= 4 is 11.9 Å². The molecule has 0 saturated heterocycles. The first-order valence-electron chi connectivity index (χ1n) is 6.81. The summed E-state index contributed by atoms with van der Waals surface area (Å²) in [4.78, 5) is 19.0. The summed E-state index contributed by atoms with van der Waals surface area (Å²) in [7, 11) is 1.86. The minimum absolute atomic E-state index is 0.417. The molecule has 0 spiro atoms. The van der Waals surface area contributed by atoms with Crippen molar-refractivity contribution in [3.05, 3.63) is 18.7 Å². The molecule has 8 heteroatoms. The Morgan fingerprint density at radius 3 is 2.90 bits per heavy atom. The van der Waals surface area contributed by atoms with E-state index in [1.807, 2.05) is 11.9 Å². The van der Waals surface area contributed by atoms with Crippen LogP contribution >= 0.6 is 0 Å². The smallest absolute Gasteiger partial charge is 0.241 e. The lowest BCUT2D eigenvalue weighted by Gasteiger charge is -2.17. The summed E-state index contributed by atoms with van der Waals surface area (Å²) in [5.41, 5.74) is 0. The minimum Gasteiger partial charge on any atom is -0.354 e. The van der Waals surface area contributed by atoms with Crippen LogP contribution in [0.2, 0.25) is 0 Å². The van der Waals surface area contributed by atoms with Crippen LogP contribution in [0.25, 0.3) is 5.95 Å². The predicted octanol–water partition coefficient (Wildman–Crippen LogP) is 1.23.